The minimum atomic E-state index is -1.39. The van der Waals surface area contributed by atoms with Crippen molar-refractivity contribution in [2.24, 2.45) is 11.7 Å². The lowest BCUT2D eigenvalue weighted by Gasteiger charge is -2.31. The van der Waals surface area contributed by atoms with Crippen LogP contribution in [0.1, 0.15) is 65.9 Å². The molecule has 13 nitrogen and oxygen atoms in total. The average Bonchev–Trinajstić information content (AvgIpc) is 3.60. The number of carbonyl (C=O) groups excluding carboxylic acids is 4. The summed E-state index contributed by atoms with van der Waals surface area (Å²) in [6, 6.07) is 5.63. The fraction of sp³-hybridized carbons (Fsp3) is 0.581. The monoisotopic (exact) mass is 614 g/mol. The summed E-state index contributed by atoms with van der Waals surface area (Å²) < 4.78 is 5.26. The highest BCUT2D eigenvalue weighted by atomic mass is 16.6. The topological polar surface area (TPSA) is 196 Å². The van der Waals surface area contributed by atoms with Gasteiger partial charge in [0.05, 0.1) is 5.92 Å². The van der Waals surface area contributed by atoms with Gasteiger partial charge in [0.15, 0.2) is 0 Å². The van der Waals surface area contributed by atoms with Crippen molar-refractivity contribution in [3.8, 4) is 0 Å². The molecule has 7 N–H and O–H groups in total. The molecule has 4 amide bonds. The first-order valence-electron chi connectivity index (χ1n) is 15.0. The first-order valence-corrected chi connectivity index (χ1v) is 15.0. The molecule has 4 rings (SSSR count). The zero-order valence-electron chi connectivity index (χ0n) is 26.2. The maximum Gasteiger partial charge on any atom is 0.408 e. The number of likely N-dealkylation sites (tertiary alicyclic amines) is 1. The van der Waals surface area contributed by atoms with Crippen molar-refractivity contribution in [2.45, 2.75) is 89.9 Å². The summed E-state index contributed by atoms with van der Waals surface area (Å²) >= 11 is 0. The van der Waals surface area contributed by atoms with E-state index in [9.17, 15) is 29.1 Å². The van der Waals surface area contributed by atoms with Crippen LogP contribution in [0, 0.1) is 5.92 Å². The molecule has 1 unspecified atom stereocenters. The summed E-state index contributed by atoms with van der Waals surface area (Å²) in [7, 11) is 0. The third-order valence-corrected chi connectivity index (χ3v) is 7.60. The molecule has 0 bridgehead atoms. The number of nitrogens with one attached hydrogen (secondary N) is 4. The van der Waals surface area contributed by atoms with E-state index < -0.39 is 47.1 Å². The lowest BCUT2D eigenvalue weighted by molar-refractivity contribution is -0.149. The van der Waals surface area contributed by atoms with Crippen LogP contribution in [0.2, 0.25) is 0 Å². The number of ether oxygens (including phenoxy) is 1. The van der Waals surface area contributed by atoms with E-state index >= 15 is 0 Å². The van der Waals surface area contributed by atoms with E-state index in [1.54, 1.807) is 27.0 Å². The van der Waals surface area contributed by atoms with Crippen molar-refractivity contribution >= 4 is 40.7 Å². The number of aromatic nitrogens is 1. The maximum atomic E-state index is 13.5. The molecule has 242 valence electrons. The van der Waals surface area contributed by atoms with Crippen LogP contribution < -0.4 is 21.7 Å². The number of carboxylic acids is 1. The number of carboxylic acid groups (broad SMARTS) is 1. The van der Waals surface area contributed by atoms with E-state index in [1.807, 2.05) is 24.3 Å². The number of rotatable bonds is 8. The maximum absolute atomic E-state index is 13.5. The number of aromatic amines is 1. The Bertz CT molecular complexity index is 1340. The highest BCUT2D eigenvalue weighted by Gasteiger charge is 2.40. The minimum Gasteiger partial charge on any atom is -0.480 e. The molecule has 3 heterocycles. The molecule has 13 heteroatoms. The van der Waals surface area contributed by atoms with Gasteiger partial charge in [-0.05, 0) is 78.5 Å². The van der Waals surface area contributed by atoms with Gasteiger partial charge in [0.1, 0.15) is 23.2 Å². The van der Waals surface area contributed by atoms with Crippen LogP contribution in [0.5, 0.6) is 0 Å². The van der Waals surface area contributed by atoms with E-state index in [0.29, 0.717) is 19.4 Å². The largest absolute Gasteiger partial charge is 0.480 e. The molecular weight excluding hydrogens is 568 g/mol. The second-order valence-corrected chi connectivity index (χ2v) is 12.8. The molecule has 44 heavy (non-hydrogen) atoms. The predicted octanol–water partition coefficient (Wildman–Crippen LogP) is 2.05. The number of nitrogens with two attached hydrogens (primary N) is 1. The number of amides is 4. The highest BCUT2D eigenvalue weighted by molar-refractivity contribution is 5.95. The summed E-state index contributed by atoms with van der Waals surface area (Å²) in [6.07, 6.45) is 4.14. The number of alkyl carbamates (subject to hydrolysis) is 1. The molecule has 2 aliphatic heterocycles. The van der Waals surface area contributed by atoms with Crippen molar-refractivity contribution in [1.82, 2.24) is 25.8 Å². The van der Waals surface area contributed by atoms with Crippen molar-refractivity contribution in [3.63, 3.8) is 0 Å². The van der Waals surface area contributed by atoms with Crippen LogP contribution in [-0.4, -0.2) is 87.6 Å². The second kappa shape index (κ2) is 14.6. The van der Waals surface area contributed by atoms with E-state index in [-0.39, 0.29) is 18.2 Å². The van der Waals surface area contributed by atoms with Gasteiger partial charge in [0.25, 0.3) is 0 Å². The zero-order chi connectivity index (χ0) is 32.7. The standard InChI is InChI=1S/C25H34N4O6.C6H12N2O/c1-24(2,3)35-23(34)28-25(4,5)22(33)27-18(20(30)29-12-8-11-19(29)21(31)32)13-15-14-26-17-10-7-6-9-16(15)17;7-6(9)5-2-1-3-8-4-5/h6-7,9-10,14,18-19,26H,8,11-13H2,1-5H3,(H,27,33)(H,28,34)(H,31,32);5,8H,1-4H2,(H2,7,9)/t18-,19-;/m1./s1. The number of H-pyrrole nitrogens is 1. The number of nitrogens with zero attached hydrogens (tertiary/aromatic N) is 1. The molecule has 2 fully saturated rings. The van der Waals surface area contributed by atoms with Crippen LogP contribution in [0.3, 0.4) is 0 Å². The van der Waals surface area contributed by atoms with Gasteiger partial charge in [-0.1, -0.05) is 18.2 Å². The van der Waals surface area contributed by atoms with Crippen molar-refractivity contribution in [3.05, 3.63) is 36.0 Å². The Morgan fingerprint density at radius 2 is 1.80 bits per heavy atom. The number of primary amides is 1. The zero-order valence-corrected chi connectivity index (χ0v) is 26.2. The predicted molar refractivity (Wildman–Crippen MR) is 165 cm³/mol. The lowest BCUT2D eigenvalue weighted by atomic mass is 9.99. The average molecular weight is 615 g/mol. The molecule has 1 aromatic carbocycles. The highest BCUT2D eigenvalue weighted by Crippen LogP contribution is 2.23. The minimum absolute atomic E-state index is 0.0822. The van der Waals surface area contributed by atoms with E-state index in [2.05, 4.69) is 20.9 Å². The van der Waals surface area contributed by atoms with Gasteiger partial charge in [-0.25, -0.2) is 9.59 Å². The molecule has 0 radical (unpaired) electrons. The molecular formula is C31H46N6O7. The van der Waals surface area contributed by atoms with E-state index in [1.165, 1.54) is 18.7 Å². The number of carbonyl (C=O) groups is 5. The first kappa shape index (κ1) is 34.4. The van der Waals surface area contributed by atoms with Gasteiger partial charge in [0, 0.05) is 36.6 Å². The van der Waals surface area contributed by atoms with Crippen molar-refractivity contribution < 1.29 is 33.8 Å². The number of fused-ring (bicyclic) bond motifs is 1. The molecule has 1 aromatic heterocycles. The number of para-hydroxylation sites is 1. The lowest BCUT2D eigenvalue weighted by Crippen LogP contribution is -2.60. The van der Waals surface area contributed by atoms with Crippen LogP contribution in [0.15, 0.2) is 30.5 Å². The number of hydrogen-bond donors (Lipinski definition) is 6. The Balaban J connectivity index is 0.000000502. The van der Waals surface area contributed by atoms with Crippen LogP contribution in [0.4, 0.5) is 4.79 Å². The fourth-order valence-electron chi connectivity index (χ4n) is 5.26. The van der Waals surface area contributed by atoms with Crippen LogP contribution >= 0.6 is 0 Å². The quantitative estimate of drug-likeness (QED) is 0.260. The molecule has 2 saturated heterocycles. The smallest absolute Gasteiger partial charge is 0.408 e. The van der Waals surface area contributed by atoms with Crippen molar-refractivity contribution in [2.75, 3.05) is 19.6 Å². The Kier molecular flexibility index (Phi) is 11.4. The second-order valence-electron chi connectivity index (χ2n) is 12.8. The summed E-state index contributed by atoms with van der Waals surface area (Å²) in [5.74, 6) is -2.21. The Labute approximate surface area is 257 Å². The molecule has 3 atom stereocenters. The number of hydrogen-bond acceptors (Lipinski definition) is 7. The third-order valence-electron chi connectivity index (χ3n) is 7.60. The molecule has 0 saturated carbocycles. The molecule has 2 aliphatic rings. The third kappa shape index (κ3) is 9.43. The normalized spacial score (nSPS) is 19.3. The summed E-state index contributed by atoms with van der Waals surface area (Å²) in [6.45, 7) is 10.3. The van der Waals surface area contributed by atoms with Crippen molar-refractivity contribution in [1.29, 1.82) is 0 Å². The Morgan fingerprint density at radius 1 is 1.09 bits per heavy atom. The first-order chi connectivity index (χ1) is 20.6. The van der Waals surface area contributed by atoms with Crippen LogP contribution in [0.25, 0.3) is 10.9 Å². The summed E-state index contributed by atoms with van der Waals surface area (Å²) in [4.78, 5) is 65.7. The molecule has 0 aliphatic carbocycles. The van der Waals surface area contributed by atoms with Gasteiger partial charge >= 0.3 is 12.1 Å². The van der Waals surface area contributed by atoms with Gasteiger partial charge < -0.3 is 41.4 Å². The van der Waals surface area contributed by atoms with Gasteiger partial charge in [-0.3, -0.25) is 14.4 Å². The summed E-state index contributed by atoms with van der Waals surface area (Å²) in [5.41, 5.74) is 4.65. The SMILES string of the molecule is CC(C)(C)OC(=O)NC(C)(C)C(=O)N[C@H](Cc1c[nH]c2ccccc12)C(=O)N1CCC[C@@H]1C(=O)O.NC(=O)C1CCCNC1. The Hall–Kier alpha value is -4.13. The van der Waals surface area contributed by atoms with Crippen LogP contribution in [-0.2, 0) is 30.3 Å². The Morgan fingerprint density at radius 3 is 2.39 bits per heavy atom. The fourth-order valence-corrected chi connectivity index (χ4v) is 5.26. The molecule has 0 spiro atoms. The van der Waals surface area contributed by atoms with E-state index in [4.69, 9.17) is 10.5 Å². The number of piperidine rings is 1. The molecule has 2 aromatic rings. The van der Waals surface area contributed by atoms with Gasteiger partial charge in [-0.15, -0.1) is 0 Å². The van der Waals surface area contributed by atoms with Gasteiger partial charge in [0.2, 0.25) is 17.7 Å². The summed E-state index contributed by atoms with van der Waals surface area (Å²) in [5, 5.41) is 18.9. The number of benzene rings is 1. The number of aliphatic carboxylic acids is 1. The van der Waals surface area contributed by atoms with E-state index in [0.717, 1.165) is 42.4 Å². The van der Waals surface area contributed by atoms with Gasteiger partial charge in [-0.2, -0.15) is 0 Å².